The van der Waals surface area contributed by atoms with Gasteiger partial charge in [0, 0.05) is 35.5 Å². The van der Waals surface area contributed by atoms with Crippen molar-refractivity contribution in [1.29, 1.82) is 0 Å². The van der Waals surface area contributed by atoms with Crippen molar-refractivity contribution in [2.45, 2.75) is 25.7 Å². The third kappa shape index (κ3) is 1.89. The number of hydrogen-bond donors (Lipinski definition) is 1. The molecule has 2 aliphatic rings. The first-order valence-electron chi connectivity index (χ1n) is 7.01. The van der Waals surface area contributed by atoms with Crippen LogP contribution in [-0.2, 0) is 17.6 Å². The summed E-state index contributed by atoms with van der Waals surface area (Å²) >= 11 is 0. The maximum absolute atomic E-state index is 10.7. The van der Waals surface area contributed by atoms with Crippen LogP contribution >= 0.6 is 0 Å². The maximum atomic E-state index is 10.7. The molecular weight excluding hydrogens is 250 g/mol. The summed E-state index contributed by atoms with van der Waals surface area (Å²) in [7, 11) is 0. The first-order chi connectivity index (χ1) is 9.76. The highest BCUT2D eigenvalue weighted by Gasteiger charge is 2.28. The summed E-state index contributed by atoms with van der Waals surface area (Å²) in [6, 6.07) is 1.96. The van der Waals surface area contributed by atoms with Gasteiger partial charge in [0.2, 0.25) is 0 Å². The standard InChI is InChI=1S/C17H17NO2/c1-2-12(7-10-19)15-11-13-5-3-8-18-9-4-6-14(16(13)18)17(15)20/h1,7,10-11,20H,3-6,8-9H2/b12-7-. The van der Waals surface area contributed by atoms with Crippen molar-refractivity contribution in [2.24, 2.45) is 0 Å². The second-order valence-corrected chi connectivity index (χ2v) is 5.31. The van der Waals surface area contributed by atoms with Crippen molar-refractivity contribution in [1.82, 2.24) is 0 Å². The number of allylic oxidation sites excluding steroid dienone is 2. The van der Waals surface area contributed by atoms with Gasteiger partial charge in [0.05, 0.1) is 0 Å². The Bertz CT molecular complexity index is 635. The summed E-state index contributed by atoms with van der Waals surface area (Å²) in [5, 5.41) is 10.5. The summed E-state index contributed by atoms with van der Waals surface area (Å²) in [4.78, 5) is 13.1. The summed E-state index contributed by atoms with van der Waals surface area (Å²) in [5.41, 5.74) is 4.52. The Morgan fingerprint density at radius 1 is 1.35 bits per heavy atom. The lowest BCUT2D eigenvalue weighted by Gasteiger charge is -2.37. The van der Waals surface area contributed by atoms with Crippen molar-refractivity contribution in [3.8, 4) is 18.1 Å². The highest BCUT2D eigenvalue weighted by molar-refractivity contribution is 5.92. The van der Waals surface area contributed by atoms with Crippen molar-refractivity contribution < 1.29 is 9.90 Å². The molecule has 0 aliphatic carbocycles. The minimum Gasteiger partial charge on any atom is -0.507 e. The minimum atomic E-state index is 0.251. The Morgan fingerprint density at radius 3 is 2.80 bits per heavy atom. The van der Waals surface area contributed by atoms with Crippen LogP contribution in [0.25, 0.3) is 5.57 Å². The molecular formula is C17H17NO2. The quantitative estimate of drug-likeness (QED) is 0.508. The fourth-order valence-corrected chi connectivity index (χ4v) is 3.33. The second-order valence-electron chi connectivity index (χ2n) is 5.31. The van der Waals surface area contributed by atoms with Crippen LogP contribution in [0.2, 0.25) is 0 Å². The number of aryl methyl sites for hydroxylation is 1. The number of aromatic hydroxyl groups is 1. The molecule has 0 unspecified atom stereocenters. The lowest BCUT2D eigenvalue weighted by Crippen LogP contribution is -2.34. The van der Waals surface area contributed by atoms with E-state index < -0.39 is 0 Å². The normalized spacial score (nSPS) is 17.4. The maximum Gasteiger partial charge on any atom is 0.144 e. The van der Waals surface area contributed by atoms with Crippen LogP contribution in [-0.4, -0.2) is 24.5 Å². The van der Waals surface area contributed by atoms with Gasteiger partial charge in [-0.3, -0.25) is 4.79 Å². The van der Waals surface area contributed by atoms with Crippen molar-refractivity contribution in [3.05, 3.63) is 28.8 Å². The van der Waals surface area contributed by atoms with Crippen LogP contribution in [0.5, 0.6) is 5.75 Å². The molecule has 3 rings (SSSR count). The summed E-state index contributed by atoms with van der Waals surface area (Å²) in [6.45, 7) is 2.12. The van der Waals surface area contributed by atoms with Gasteiger partial charge in [0.25, 0.3) is 0 Å². The monoisotopic (exact) mass is 267 g/mol. The molecule has 0 bridgehead atoms. The molecule has 0 aromatic heterocycles. The molecule has 3 heteroatoms. The fraction of sp³-hybridized carbons (Fsp3) is 0.353. The van der Waals surface area contributed by atoms with Crippen LogP contribution in [0.4, 0.5) is 5.69 Å². The van der Waals surface area contributed by atoms with Gasteiger partial charge in [-0.05, 0) is 43.4 Å². The molecule has 0 atom stereocenters. The fourth-order valence-electron chi connectivity index (χ4n) is 3.33. The SMILES string of the molecule is C#C/C(=C/C=O)c1cc2c3c(c1O)CCCN3CCC2. The molecule has 102 valence electrons. The van der Waals surface area contributed by atoms with Gasteiger partial charge in [-0.1, -0.05) is 5.92 Å². The van der Waals surface area contributed by atoms with E-state index in [1.54, 1.807) is 0 Å². The van der Waals surface area contributed by atoms with E-state index in [1.165, 1.54) is 17.3 Å². The van der Waals surface area contributed by atoms with Crippen LogP contribution in [0.3, 0.4) is 0 Å². The number of hydrogen-bond acceptors (Lipinski definition) is 3. The first-order valence-corrected chi connectivity index (χ1v) is 7.01. The third-order valence-electron chi connectivity index (χ3n) is 4.18. The molecule has 0 fully saturated rings. The lowest BCUT2D eigenvalue weighted by atomic mass is 9.87. The molecule has 2 aliphatic heterocycles. The van der Waals surface area contributed by atoms with E-state index in [4.69, 9.17) is 6.42 Å². The lowest BCUT2D eigenvalue weighted by molar-refractivity contribution is -0.104. The number of carbonyl (C=O) groups is 1. The van der Waals surface area contributed by atoms with Gasteiger partial charge >= 0.3 is 0 Å². The Morgan fingerprint density at radius 2 is 2.10 bits per heavy atom. The zero-order valence-corrected chi connectivity index (χ0v) is 11.4. The molecule has 0 saturated carbocycles. The summed E-state index contributed by atoms with van der Waals surface area (Å²) < 4.78 is 0. The predicted molar refractivity (Wildman–Crippen MR) is 79.8 cm³/mol. The summed E-state index contributed by atoms with van der Waals surface area (Å²) in [6.07, 6.45) is 11.5. The van der Waals surface area contributed by atoms with Gasteiger partial charge in [-0.2, -0.15) is 0 Å². The zero-order valence-electron chi connectivity index (χ0n) is 11.4. The number of phenolic OH excluding ortho intramolecular Hbond substituents is 1. The molecule has 1 aromatic carbocycles. The molecule has 0 amide bonds. The molecule has 2 heterocycles. The van der Waals surface area contributed by atoms with Gasteiger partial charge in [-0.15, -0.1) is 6.42 Å². The van der Waals surface area contributed by atoms with E-state index in [0.717, 1.165) is 44.3 Å². The molecule has 0 saturated heterocycles. The Kier molecular flexibility index (Phi) is 3.23. The highest BCUT2D eigenvalue weighted by Crippen LogP contribution is 2.43. The number of terminal acetylenes is 1. The van der Waals surface area contributed by atoms with Crippen LogP contribution in [0.1, 0.15) is 29.5 Å². The Balaban J connectivity index is 2.23. The van der Waals surface area contributed by atoms with Crippen LogP contribution < -0.4 is 4.90 Å². The second kappa shape index (κ2) is 5.05. The smallest absolute Gasteiger partial charge is 0.144 e. The average Bonchev–Trinajstić information content (AvgIpc) is 2.49. The molecule has 0 spiro atoms. The van der Waals surface area contributed by atoms with Gasteiger partial charge in [0.15, 0.2) is 0 Å². The minimum absolute atomic E-state index is 0.251. The van der Waals surface area contributed by atoms with Gasteiger partial charge in [0.1, 0.15) is 12.0 Å². The van der Waals surface area contributed by atoms with Crippen molar-refractivity contribution >= 4 is 17.5 Å². The largest absolute Gasteiger partial charge is 0.507 e. The van der Waals surface area contributed by atoms with E-state index in [1.807, 2.05) is 6.07 Å². The number of nitrogens with zero attached hydrogens (tertiary/aromatic N) is 1. The number of carbonyl (C=O) groups excluding carboxylic acids is 1. The van der Waals surface area contributed by atoms with Crippen molar-refractivity contribution in [3.63, 3.8) is 0 Å². The van der Waals surface area contributed by atoms with Crippen LogP contribution in [0.15, 0.2) is 12.1 Å². The van der Waals surface area contributed by atoms with E-state index >= 15 is 0 Å². The molecule has 0 radical (unpaired) electrons. The number of aldehydes is 1. The number of anilines is 1. The number of benzene rings is 1. The van der Waals surface area contributed by atoms with E-state index in [-0.39, 0.29) is 5.75 Å². The highest BCUT2D eigenvalue weighted by atomic mass is 16.3. The summed E-state index contributed by atoms with van der Waals surface area (Å²) in [5.74, 6) is 2.76. The molecule has 1 N–H and O–H groups in total. The Labute approximate surface area is 118 Å². The molecule has 1 aromatic rings. The van der Waals surface area contributed by atoms with Crippen molar-refractivity contribution in [2.75, 3.05) is 18.0 Å². The van der Waals surface area contributed by atoms with Crippen LogP contribution in [0, 0.1) is 12.3 Å². The average molecular weight is 267 g/mol. The third-order valence-corrected chi connectivity index (χ3v) is 4.18. The number of phenols is 1. The number of rotatable bonds is 2. The Hall–Kier alpha value is -2.21. The van der Waals surface area contributed by atoms with Gasteiger partial charge in [-0.25, -0.2) is 0 Å². The zero-order chi connectivity index (χ0) is 14.1. The predicted octanol–water partition coefficient (Wildman–Crippen LogP) is 2.31. The van der Waals surface area contributed by atoms with Gasteiger partial charge < -0.3 is 10.0 Å². The first kappa shape index (κ1) is 12.8. The topological polar surface area (TPSA) is 40.5 Å². The molecule has 20 heavy (non-hydrogen) atoms. The van der Waals surface area contributed by atoms with E-state index in [9.17, 15) is 9.90 Å². The molecule has 3 nitrogen and oxygen atoms in total. The van der Waals surface area contributed by atoms with E-state index in [2.05, 4.69) is 10.8 Å². The van der Waals surface area contributed by atoms with E-state index in [0.29, 0.717) is 17.4 Å².